The molecule has 5 rings (SSSR count). The zero-order valence-electron chi connectivity index (χ0n) is 14.5. The van der Waals surface area contributed by atoms with Gasteiger partial charge in [-0.1, -0.05) is 0 Å². The quantitative estimate of drug-likeness (QED) is 0.518. The van der Waals surface area contributed by atoms with E-state index in [1.165, 1.54) is 24.3 Å². The molecule has 0 atom stereocenters. The van der Waals surface area contributed by atoms with Crippen molar-refractivity contribution in [1.82, 2.24) is 24.5 Å². The van der Waals surface area contributed by atoms with Crippen LogP contribution in [0.3, 0.4) is 0 Å². The van der Waals surface area contributed by atoms with Crippen LogP contribution >= 0.6 is 0 Å². The number of halogens is 3. The number of pyridine rings is 1. The Balaban J connectivity index is 1.51. The SMILES string of the molecule is FC(F)(F)Oc1ccc(-n2ncc3c(-c4cnn(C5CC5)c4)ccnc32)cc1. The number of alkyl halides is 3. The van der Waals surface area contributed by atoms with Crippen LogP contribution in [-0.2, 0) is 0 Å². The monoisotopic (exact) mass is 385 g/mol. The first kappa shape index (κ1) is 16.8. The van der Waals surface area contributed by atoms with Crippen molar-refractivity contribution in [2.75, 3.05) is 0 Å². The molecule has 0 N–H and O–H groups in total. The van der Waals surface area contributed by atoms with Gasteiger partial charge in [-0.25, -0.2) is 9.67 Å². The molecule has 1 aromatic carbocycles. The molecule has 3 heterocycles. The van der Waals surface area contributed by atoms with Gasteiger partial charge in [0.15, 0.2) is 5.65 Å². The molecule has 0 unspecified atom stereocenters. The first-order valence-corrected chi connectivity index (χ1v) is 8.71. The van der Waals surface area contributed by atoms with Gasteiger partial charge in [0.1, 0.15) is 5.75 Å². The predicted octanol–water partition coefficient (Wildman–Crippen LogP) is 4.52. The fourth-order valence-electron chi connectivity index (χ4n) is 3.17. The third kappa shape index (κ3) is 3.08. The Hall–Kier alpha value is -3.36. The highest BCUT2D eigenvalue weighted by Gasteiger charge is 2.31. The van der Waals surface area contributed by atoms with Gasteiger partial charge in [-0.2, -0.15) is 10.2 Å². The molecule has 4 aromatic rings. The highest BCUT2D eigenvalue weighted by molar-refractivity contribution is 5.92. The fraction of sp³-hybridized carbons (Fsp3) is 0.211. The van der Waals surface area contributed by atoms with Crippen LogP contribution in [0.2, 0.25) is 0 Å². The fourth-order valence-corrected chi connectivity index (χ4v) is 3.17. The summed E-state index contributed by atoms with van der Waals surface area (Å²) in [5.41, 5.74) is 3.14. The normalized spacial score (nSPS) is 14.5. The molecule has 142 valence electrons. The predicted molar refractivity (Wildman–Crippen MR) is 95.0 cm³/mol. The summed E-state index contributed by atoms with van der Waals surface area (Å²) >= 11 is 0. The summed E-state index contributed by atoms with van der Waals surface area (Å²) in [6.07, 6.45) is 4.82. The molecular weight excluding hydrogens is 371 g/mol. The van der Waals surface area contributed by atoms with E-state index in [-0.39, 0.29) is 5.75 Å². The average Bonchev–Trinajstić information content (AvgIpc) is 3.23. The maximum atomic E-state index is 12.3. The van der Waals surface area contributed by atoms with E-state index in [1.54, 1.807) is 17.1 Å². The molecule has 1 aliphatic rings. The summed E-state index contributed by atoms with van der Waals surface area (Å²) in [5.74, 6) is -0.283. The molecule has 0 radical (unpaired) electrons. The second-order valence-electron chi connectivity index (χ2n) is 6.63. The third-order valence-corrected chi connectivity index (χ3v) is 4.62. The zero-order valence-corrected chi connectivity index (χ0v) is 14.5. The molecule has 9 heteroatoms. The highest BCUT2D eigenvalue weighted by atomic mass is 19.4. The third-order valence-electron chi connectivity index (χ3n) is 4.62. The van der Waals surface area contributed by atoms with E-state index in [2.05, 4.69) is 19.9 Å². The van der Waals surface area contributed by atoms with E-state index in [0.29, 0.717) is 17.4 Å². The molecule has 6 nitrogen and oxygen atoms in total. The van der Waals surface area contributed by atoms with Gasteiger partial charge in [0.25, 0.3) is 0 Å². The number of rotatable bonds is 4. The van der Waals surface area contributed by atoms with Crippen molar-refractivity contribution in [3.05, 3.63) is 55.1 Å². The van der Waals surface area contributed by atoms with Gasteiger partial charge in [-0.3, -0.25) is 4.68 Å². The van der Waals surface area contributed by atoms with Gasteiger partial charge >= 0.3 is 6.36 Å². The van der Waals surface area contributed by atoms with Crippen LogP contribution < -0.4 is 4.74 Å². The van der Waals surface area contributed by atoms with E-state index in [4.69, 9.17) is 0 Å². The first-order chi connectivity index (χ1) is 13.5. The smallest absolute Gasteiger partial charge is 0.406 e. The van der Waals surface area contributed by atoms with Crippen molar-refractivity contribution < 1.29 is 17.9 Å². The Labute approximate surface area is 157 Å². The van der Waals surface area contributed by atoms with Crippen LogP contribution in [0.1, 0.15) is 18.9 Å². The van der Waals surface area contributed by atoms with Crippen molar-refractivity contribution in [2.45, 2.75) is 25.2 Å². The summed E-state index contributed by atoms with van der Waals surface area (Å²) in [7, 11) is 0. The Bertz CT molecular complexity index is 1140. The maximum absolute atomic E-state index is 12.3. The molecule has 0 amide bonds. The summed E-state index contributed by atoms with van der Waals surface area (Å²) < 4.78 is 44.5. The van der Waals surface area contributed by atoms with E-state index < -0.39 is 6.36 Å². The lowest BCUT2D eigenvalue weighted by Gasteiger charge is -2.09. The second-order valence-corrected chi connectivity index (χ2v) is 6.63. The van der Waals surface area contributed by atoms with Gasteiger partial charge < -0.3 is 4.74 Å². The minimum absolute atomic E-state index is 0.283. The van der Waals surface area contributed by atoms with Crippen molar-refractivity contribution in [3.63, 3.8) is 0 Å². The van der Waals surface area contributed by atoms with Crippen molar-refractivity contribution in [1.29, 1.82) is 0 Å². The van der Waals surface area contributed by atoms with Gasteiger partial charge in [0.2, 0.25) is 0 Å². The van der Waals surface area contributed by atoms with Crippen molar-refractivity contribution in [3.8, 4) is 22.6 Å². The van der Waals surface area contributed by atoms with Crippen LogP contribution in [-0.4, -0.2) is 30.9 Å². The second kappa shape index (κ2) is 6.08. The number of hydrogen-bond acceptors (Lipinski definition) is 4. The lowest BCUT2D eigenvalue weighted by atomic mass is 10.1. The minimum atomic E-state index is -4.72. The number of hydrogen-bond donors (Lipinski definition) is 0. The molecular formula is C19H14F3N5O. The average molecular weight is 385 g/mol. The van der Waals surface area contributed by atoms with Crippen molar-refractivity contribution in [2.24, 2.45) is 0 Å². The molecule has 0 saturated heterocycles. The Morgan fingerprint density at radius 2 is 1.79 bits per heavy atom. The standard InChI is InChI=1S/C19H14F3N5O/c20-19(21,22)28-15-5-3-14(4-6-15)27-18-17(10-25-27)16(7-8-23-18)12-9-24-26(11-12)13-1-2-13/h3-11,13H,1-2H2. The van der Waals surface area contributed by atoms with E-state index >= 15 is 0 Å². The zero-order chi connectivity index (χ0) is 19.3. The van der Waals surface area contributed by atoms with Crippen LogP contribution in [0.15, 0.2) is 55.1 Å². The van der Waals surface area contributed by atoms with Crippen LogP contribution in [0.5, 0.6) is 5.75 Å². The summed E-state index contributed by atoms with van der Waals surface area (Å²) in [6, 6.07) is 7.91. The number of aromatic nitrogens is 5. The Kier molecular flexibility index (Phi) is 3.65. The Morgan fingerprint density at radius 1 is 1.00 bits per heavy atom. The molecule has 1 fully saturated rings. The van der Waals surface area contributed by atoms with E-state index in [1.807, 2.05) is 23.1 Å². The lowest BCUT2D eigenvalue weighted by molar-refractivity contribution is -0.274. The van der Waals surface area contributed by atoms with Crippen LogP contribution in [0.25, 0.3) is 27.8 Å². The molecule has 0 spiro atoms. The summed E-state index contributed by atoms with van der Waals surface area (Å²) in [6.45, 7) is 0. The lowest BCUT2D eigenvalue weighted by Crippen LogP contribution is -2.17. The largest absolute Gasteiger partial charge is 0.573 e. The van der Waals surface area contributed by atoms with Crippen LogP contribution in [0.4, 0.5) is 13.2 Å². The van der Waals surface area contributed by atoms with Gasteiger partial charge in [0, 0.05) is 23.3 Å². The number of ether oxygens (including phenoxy) is 1. The number of fused-ring (bicyclic) bond motifs is 1. The minimum Gasteiger partial charge on any atom is -0.406 e. The van der Waals surface area contributed by atoms with Crippen LogP contribution in [0, 0.1) is 0 Å². The summed E-state index contributed by atoms with van der Waals surface area (Å²) in [5, 5.41) is 9.64. The number of benzene rings is 1. The molecule has 3 aromatic heterocycles. The van der Waals surface area contributed by atoms with E-state index in [0.717, 1.165) is 29.4 Å². The topological polar surface area (TPSA) is 57.8 Å². The van der Waals surface area contributed by atoms with E-state index in [9.17, 15) is 13.2 Å². The Morgan fingerprint density at radius 3 is 2.50 bits per heavy atom. The molecule has 1 saturated carbocycles. The van der Waals surface area contributed by atoms with Gasteiger partial charge in [-0.15, -0.1) is 13.2 Å². The maximum Gasteiger partial charge on any atom is 0.573 e. The first-order valence-electron chi connectivity index (χ1n) is 8.71. The molecule has 0 bridgehead atoms. The van der Waals surface area contributed by atoms with Crippen molar-refractivity contribution >= 4 is 11.0 Å². The molecule has 1 aliphatic carbocycles. The van der Waals surface area contributed by atoms with Gasteiger partial charge in [0.05, 0.1) is 24.1 Å². The molecule has 28 heavy (non-hydrogen) atoms. The summed E-state index contributed by atoms with van der Waals surface area (Å²) in [4.78, 5) is 4.40. The molecule has 0 aliphatic heterocycles. The van der Waals surface area contributed by atoms with Gasteiger partial charge in [-0.05, 0) is 48.7 Å². The highest BCUT2D eigenvalue weighted by Crippen LogP contribution is 2.36. The number of nitrogens with zero attached hydrogens (tertiary/aromatic N) is 5.